The molecule has 0 nitrogen and oxygen atoms in total. The number of unbranched alkanes of at least 4 members (excludes halogenated alkanes) is 1. The molecule has 0 amide bonds. The highest BCUT2D eigenvalue weighted by atomic mass is 19.2. The minimum Gasteiger partial charge on any atom is -0.206 e. The summed E-state index contributed by atoms with van der Waals surface area (Å²) in [6.07, 6.45) is 2.93. The zero-order chi connectivity index (χ0) is 20.1. The van der Waals surface area contributed by atoms with Crippen molar-refractivity contribution in [3.05, 3.63) is 94.6 Å². The van der Waals surface area contributed by atoms with Crippen LogP contribution in [0.2, 0.25) is 0 Å². The first-order valence-electron chi connectivity index (χ1n) is 9.03. The predicted molar refractivity (Wildman–Crippen MR) is 103 cm³/mol. The summed E-state index contributed by atoms with van der Waals surface area (Å²) in [4.78, 5) is 0. The quantitative estimate of drug-likeness (QED) is 0.269. The van der Waals surface area contributed by atoms with Gasteiger partial charge in [0, 0.05) is 16.7 Å². The minimum atomic E-state index is -1.52. The van der Waals surface area contributed by atoms with E-state index in [1.807, 2.05) is 6.07 Å². The molecule has 0 aliphatic rings. The molecule has 0 fully saturated rings. The molecular weight excluding hydrogens is 364 g/mol. The van der Waals surface area contributed by atoms with E-state index in [0.717, 1.165) is 37.0 Å². The summed E-state index contributed by atoms with van der Waals surface area (Å²) >= 11 is 0. The monoisotopic (exact) mass is 382 g/mol. The first-order valence-corrected chi connectivity index (χ1v) is 9.03. The molecule has 3 rings (SSSR count). The molecule has 4 heteroatoms. The van der Waals surface area contributed by atoms with Crippen molar-refractivity contribution < 1.29 is 17.6 Å². The van der Waals surface area contributed by atoms with Crippen LogP contribution in [0.1, 0.15) is 36.5 Å². The smallest absolute Gasteiger partial charge is 0.194 e. The lowest BCUT2D eigenvalue weighted by Gasteiger charge is -2.06. The summed E-state index contributed by atoms with van der Waals surface area (Å²) in [7, 11) is 0. The van der Waals surface area contributed by atoms with Crippen molar-refractivity contribution in [3.8, 4) is 23.0 Å². The molecule has 0 aromatic heterocycles. The number of benzene rings is 3. The maximum absolute atomic E-state index is 14.4. The van der Waals surface area contributed by atoms with E-state index in [0.29, 0.717) is 16.7 Å². The Morgan fingerprint density at radius 2 is 1.36 bits per heavy atom. The maximum Gasteiger partial charge on any atom is 0.194 e. The van der Waals surface area contributed by atoms with Crippen LogP contribution in [0, 0.1) is 35.1 Å². The third-order valence-electron chi connectivity index (χ3n) is 4.38. The molecule has 28 heavy (non-hydrogen) atoms. The van der Waals surface area contributed by atoms with E-state index in [-0.39, 0.29) is 11.4 Å². The minimum absolute atomic E-state index is 0.0363. The maximum atomic E-state index is 14.4. The predicted octanol–water partition coefficient (Wildman–Crippen LogP) is 6.65. The van der Waals surface area contributed by atoms with Gasteiger partial charge in [0.1, 0.15) is 5.82 Å². The Balaban J connectivity index is 1.79. The Morgan fingerprint density at radius 1 is 0.714 bits per heavy atom. The van der Waals surface area contributed by atoms with Gasteiger partial charge in [-0.1, -0.05) is 49.5 Å². The van der Waals surface area contributed by atoms with Gasteiger partial charge in [-0.3, -0.25) is 0 Å². The van der Waals surface area contributed by atoms with Crippen molar-refractivity contribution in [2.24, 2.45) is 0 Å². The van der Waals surface area contributed by atoms with Gasteiger partial charge in [0.15, 0.2) is 17.5 Å². The van der Waals surface area contributed by atoms with Gasteiger partial charge in [0.05, 0.1) is 0 Å². The van der Waals surface area contributed by atoms with Crippen LogP contribution < -0.4 is 0 Å². The van der Waals surface area contributed by atoms with E-state index in [9.17, 15) is 17.6 Å². The van der Waals surface area contributed by atoms with E-state index >= 15 is 0 Å². The molecule has 142 valence electrons. The van der Waals surface area contributed by atoms with Gasteiger partial charge >= 0.3 is 0 Å². The molecule has 0 spiro atoms. The SMILES string of the molecule is CCCCc1ccc(-c2ccc(C#Cc3cc(F)c(F)c(F)c3)cc2)c(F)c1. The third kappa shape index (κ3) is 4.61. The normalized spacial score (nSPS) is 10.5. The zero-order valence-electron chi connectivity index (χ0n) is 15.3. The Morgan fingerprint density at radius 3 is 1.96 bits per heavy atom. The largest absolute Gasteiger partial charge is 0.206 e. The van der Waals surface area contributed by atoms with E-state index in [1.54, 1.807) is 36.4 Å². The van der Waals surface area contributed by atoms with Crippen molar-refractivity contribution >= 4 is 0 Å². The van der Waals surface area contributed by atoms with E-state index < -0.39 is 17.5 Å². The standard InChI is InChI=1S/C24H18F4/c1-2-3-4-17-9-12-20(21(25)13-17)19-10-7-16(8-11-19)5-6-18-14-22(26)24(28)23(27)15-18/h7-15H,2-4H2,1H3. The molecule has 0 aliphatic carbocycles. The lowest BCUT2D eigenvalue weighted by molar-refractivity contribution is 0.446. The van der Waals surface area contributed by atoms with Crippen LogP contribution in [0.4, 0.5) is 17.6 Å². The molecule has 0 saturated carbocycles. The Hall–Kier alpha value is -3.06. The van der Waals surface area contributed by atoms with Gasteiger partial charge in [-0.05, 0) is 54.3 Å². The average Bonchev–Trinajstić information content (AvgIpc) is 2.69. The molecule has 0 N–H and O–H groups in total. The van der Waals surface area contributed by atoms with E-state index in [2.05, 4.69) is 18.8 Å². The van der Waals surface area contributed by atoms with Crippen molar-refractivity contribution in [1.82, 2.24) is 0 Å². The lowest BCUT2D eigenvalue weighted by Crippen LogP contribution is -1.91. The van der Waals surface area contributed by atoms with E-state index in [1.165, 1.54) is 0 Å². The van der Waals surface area contributed by atoms with Crippen LogP contribution in [-0.4, -0.2) is 0 Å². The van der Waals surface area contributed by atoms with E-state index in [4.69, 9.17) is 0 Å². The molecule has 0 atom stereocenters. The zero-order valence-corrected chi connectivity index (χ0v) is 15.3. The van der Waals surface area contributed by atoms with Gasteiger partial charge in [0.2, 0.25) is 0 Å². The lowest BCUT2D eigenvalue weighted by atomic mass is 10.00. The average molecular weight is 382 g/mol. The van der Waals surface area contributed by atoms with Gasteiger partial charge in [0.25, 0.3) is 0 Å². The van der Waals surface area contributed by atoms with Gasteiger partial charge < -0.3 is 0 Å². The van der Waals surface area contributed by atoms with Crippen LogP contribution in [0.25, 0.3) is 11.1 Å². The Labute approximate surface area is 161 Å². The summed E-state index contributed by atoms with van der Waals surface area (Å²) in [5, 5.41) is 0. The molecule has 0 aliphatic heterocycles. The van der Waals surface area contributed by atoms with Crippen LogP contribution >= 0.6 is 0 Å². The fraction of sp³-hybridized carbons (Fsp3) is 0.167. The van der Waals surface area contributed by atoms with Crippen LogP contribution in [0.5, 0.6) is 0 Å². The van der Waals surface area contributed by atoms with Crippen molar-refractivity contribution in [2.45, 2.75) is 26.2 Å². The number of hydrogen-bond acceptors (Lipinski definition) is 0. The molecule has 3 aromatic carbocycles. The summed E-state index contributed by atoms with van der Waals surface area (Å²) in [5.41, 5.74) is 2.82. The number of halogens is 4. The van der Waals surface area contributed by atoms with Crippen LogP contribution in [0.3, 0.4) is 0 Å². The molecule has 0 radical (unpaired) electrons. The molecule has 3 aromatic rings. The molecule has 0 unspecified atom stereocenters. The van der Waals surface area contributed by atoms with Crippen molar-refractivity contribution in [1.29, 1.82) is 0 Å². The van der Waals surface area contributed by atoms with Crippen LogP contribution in [0.15, 0.2) is 54.6 Å². The van der Waals surface area contributed by atoms with Crippen molar-refractivity contribution in [2.75, 3.05) is 0 Å². The molecule has 0 saturated heterocycles. The Bertz CT molecular complexity index is 1020. The summed E-state index contributed by atoms with van der Waals surface area (Å²) in [6.45, 7) is 2.10. The van der Waals surface area contributed by atoms with Gasteiger partial charge in [-0.2, -0.15) is 0 Å². The van der Waals surface area contributed by atoms with Crippen molar-refractivity contribution in [3.63, 3.8) is 0 Å². The highest BCUT2D eigenvalue weighted by molar-refractivity contribution is 5.65. The van der Waals surface area contributed by atoms with Gasteiger partial charge in [-0.25, -0.2) is 17.6 Å². The highest BCUT2D eigenvalue weighted by Gasteiger charge is 2.09. The second-order valence-electron chi connectivity index (χ2n) is 6.50. The number of aryl methyl sites for hydroxylation is 1. The fourth-order valence-corrected chi connectivity index (χ4v) is 2.83. The second-order valence-corrected chi connectivity index (χ2v) is 6.50. The molecule has 0 bridgehead atoms. The fourth-order valence-electron chi connectivity index (χ4n) is 2.83. The number of rotatable bonds is 4. The first-order chi connectivity index (χ1) is 13.5. The summed E-state index contributed by atoms with van der Waals surface area (Å²) in [6, 6.07) is 13.8. The van der Waals surface area contributed by atoms with Crippen LogP contribution in [-0.2, 0) is 6.42 Å². The van der Waals surface area contributed by atoms with Gasteiger partial charge in [-0.15, -0.1) is 0 Å². The topological polar surface area (TPSA) is 0 Å². The number of hydrogen-bond donors (Lipinski definition) is 0. The summed E-state index contributed by atoms with van der Waals surface area (Å²) < 4.78 is 53.8. The highest BCUT2D eigenvalue weighted by Crippen LogP contribution is 2.24. The third-order valence-corrected chi connectivity index (χ3v) is 4.38. The Kier molecular flexibility index (Phi) is 6.16. The summed E-state index contributed by atoms with van der Waals surface area (Å²) in [5.74, 6) is 1.01. The molecular formula is C24H18F4. The first kappa shape index (κ1) is 19.7. The second kappa shape index (κ2) is 8.75. The molecule has 0 heterocycles.